The second-order valence-electron chi connectivity index (χ2n) is 5.01. The van der Waals surface area contributed by atoms with Crippen molar-refractivity contribution in [1.29, 1.82) is 0 Å². The van der Waals surface area contributed by atoms with Crippen molar-refractivity contribution in [1.82, 2.24) is 23.9 Å². The third kappa shape index (κ3) is 3.21. The number of amides is 2. The number of fused-ring (bicyclic) bond motifs is 1. The molecule has 0 radical (unpaired) electrons. The summed E-state index contributed by atoms with van der Waals surface area (Å²) >= 11 is 0.926. The van der Waals surface area contributed by atoms with E-state index in [4.69, 9.17) is 4.74 Å². The summed E-state index contributed by atoms with van der Waals surface area (Å²) in [5.74, 6) is -0.167. The van der Waals surface area contributed by atoms with E-state index in [1.54, 1.807) is 11.8 Å². The number of aromatic nitrogens is 4. The Morgan fingerprint density at radius 1 is 1.35 bits per heavy atom. The largest absolute Gasteiger partial charge is 0.448 e. The molecule has 0 N–H and O–H groups in total. The van der Waals surface area contributed by atoms with E-state index in [1.807, 2.05) is 0 Å². The zero-order valence-corrected chi connectivity index (χ0v) is 13.5. The monoisotopic (exact) mass is 336 g/mol. The molecule has 0 saturated carbocycles. The van der Waals surface area contributed by atoms with Crippen LogP contribution in [0.2, 0.25) is 0 Å². The van der Waals surface area contributed by atoms with Gasteiger partial charge in [-0.15, -0.1) is 10.1 Å². The normalized spacial score (nSPS) is 15.9. The molecule has 2 aromatic heterocycles. The summed E-state index contributed by atoms with van der Waals surface area (Å²) < 4.78 is 10.1. The Hall–Kier alpha value is -2.36. The molecule has 0 aromatic carbocycles. The standard InChI is InChI=1S/C13H16N6O3S/c1-2-22-13(21)15-12-19-8-14-9(10(19)16-17-23-12)11(20)18-6-4-3-5-7-18/h8H,2-7H2,1H3/b15-12+. The highest BCUT2D eigenvalue weighted by atomic mass is 32.1. The minimum Gasteiger partial charge on any atom is -0.448 e. The lowest BCUT2D eigenvalue weighted by Gasteiger charge is -2.25. The van der Waals surface area contributed by atoms with Gasteiger partial charge in [0.05, 0.1) is 6.61 Å². The maximum Gasteiger partial charge on any atom is 0.436 e. The molecule has 2 aromatic rings. The molecule has 1 saturated heterocycles. The molecule has 3 rings (SSSR count). The van der Waals surface area contributed by atoms with Gasteiger partial charge in [0.15, 0.2) is 11.3 Å². The van der Waals surface area contributed by atoms with Crippen LogP contribution >= 0.6 is 11.5 Å². The minimum absolute atomic E-state index is 0.167. The molecular weight excluding hydrogens is 320 g/mol. The van der Waals surface area contributed by atoms with Gasteiger partial charge in [-0.1, -0.05) is 4.49 Å². The molecule has 1 aliphatic rings. The number of carbonyl (C=O) groups excluding carboxylic acids is 2. The summed E-state index contributed by atoms with van der Waals surface area (Å²) in [4.78, 5) is 34.1. The lowest BCUT2D eigenvalue weighted by molar-refractivity contribution is 0.0720. The minimum atomic E-state index is -0.712. The number of ether oxygens (including phenoxy) is 1. The van der Waals surface area contributed by atoms with Crippen LogP contribution in [-0.2, 0) is 4.74 Å². The Labute approximate surface area is 135 Å². The van der Waals surface area contributed by atoms with Crippen molar-refractivity contribution in [2.24, 2.45) is 4.99 Å². The molecule has 3 heterocycles. The average Bonchev–Trinajstić information content (AvgIpc) is 3.00. The molecule has 2 amide bonds. The number of hydrogen-bond acceptors (Lipinski definition) is 7. The maximum atomic E-state index is 12.6. The zero-order valence-electron chi connectivity index (χ0n) is 12.6. The summed E-state index contributed by atoms with van der Waals surface area (Å²) in [5, 5.41) is 3.98. The van der Waals surface area contributed by atoms with Crippen LogP contribution in [0.5, 0.6) is 0 Å². The third-order valence-corrected chi connectivity index (χ3v) is 4.12. The Balaban J connectivity index is 1.98. The second-order valence-corrected chi connectivity index (χ2v) is 5.72. The molecule has 1 aliphatic heterocycles. The predicted octanol–water partition coefficient (Wildman–Crippen LogP) is 0.869. The fourth-order valence-corrected chi connectivity index (χ4v) is 2.95. The number of rotatable bonds is 2. The Bertz CT molecular complexity index is 792. The summed E-state index contributed by atoms with van der Waals surface area (Å²) in [7, 11) is 0. The van der Waals surface area contributed by atoms with Crippen molar-refractivity contribution in [3.63, 3.8) is 0 Å². The van der Waals surface area contributed by atoms with Crippen LogP contribution in [0.1, 0.15) is 36.7 Å². The SMILES string of the molecule is CCOC(=O)/N=c1/snnc2c(C(=O)N3CCCCC3)ncn12. The van der Waals surface area contributed by atoms with Gasteiger partial charge in [-0.05, 0) is 26.2 Å². The average molecular weight is 336 g/mol. The highest BCUT2D eigenvalue weighted by Gasteiger charge is 2.23. The van der Waals surface area contributed by atoms with E-state index in [0.29, 0.717) is 5.65 Å². The maximum absolute atomic E-state index is 12.6. The van der Waals surface area contributed by atoms with Gasteiger partial charge < -0.3 is 9.64 Å². The van der Waals surface area contributed by atoms with Crippen LogP contribution in [-0.4, -0.2) is 55.6 Å². The molecule has 0 spiro atoms. The topological polar surface area (TPSA) is 102 Å². The van der Waals surface area contributed by atoms with Gasteiger partial charge in [0.25, 0.3) is 5.91 Å². The number of imidazole rings is 1. The van der Waals surface area contributed by atoms with Crippen LogP contribution in [0.3, 0.4) is 0 Å². The summed E-state index contributed by atoms with van der Waals surface area (Å²) in [6, 6.07) is 0. The van der Waals surface area contributed by atoms with Crippen molar-refractivity contribution in [2.75, 3.05) is 19.7 Å². The predicted molar refractivity (Wildman–Crippen MR) is 81.0 cm³/mol. The van der Waals surface area contributed by atoms with Crippen molar-refractivity contribution < 1.29 is 14.3 Å². The number of hydrogen-bond donors (Lipinski definition) is 0. The number of nitrogens with zero attached hydrogens (tertiary/aromatic N) is 6. The summed E-state index contributed by atoms with van der Waals surface area (Å²) in [6.45, 7) is 3.38. The number of piperidine rings is 1. The first-order valence-electron chi connectivity index (χ1n) is 7.41. The molecule has 122 valence electrons. The molecular formula is C13H16N6O3S. The lowest BCUT2D eigenvalue weighted by Crippen LogP contribution is -2.36. The van der Waals surface area contributed by atoms with E-state index >= 15 is 0 Å². The molecule has 0 unspecified atom stereocenters. The smallest absolute Gasteiger partial charge is 0.436 e. The van der Waals surface area contributed by atoms with E-state index in [1.165, 1.54) is 10.7 Å². The molecule has 23 heavy (non-hydrogen) atoms. The molecule has 9 nitrogen and oxygen atoms in total. The van der Waals surface area contributed by atoms with Gasteiger partial charge in [0.1, 0.15) is 6.33 Å². The Morgan fingerprint density at radius 3 is 2.87 bits per heavy atom. The van der Waals surface area contributed by atoms with Crippen LogP contribution in [0, 0.1) is 0 Å². The highest BCUT2D eigenvalue weighted by molar-refractivity contribution is 7.02. The van der Waals surface area contributed by atoms with Crippen LogP contribution < -0.4 is 4.80 Å². The van der Waals surface area contributed by atoms with Crippen molar-refractivity contribution in [3.8, 4) is 0 Å². The van der Waals surface area contributed by atoms with Gasteiger partial charge in [-0.3, -0.25) is 9.20 Å². The van der Waals surface area contributed by atoms with Crippen molar-refractivity contribution in [3.05, 3.63) is 16.8 Å². The first-order chi connectivity index (χ1) is 11.2. The zero-order chi connectivity index (χ0) is 16.2. The number of carbonyl (C=O) groups is 2. The van der Waals surface area contributed by atoms with Gasteiger partial charge >= 0.3 is 6.09 Å². The van der Waals surface area contributed by atoms with E-state index in [2.05, 4.69) is 19.6 Å². The Kier molecular flexibility index (Phi) is 4.60. The first-order valence-corrected chi connectivity index (χ1v) is 8.18. The molecule has 0 bridgehead atoms. The first kappa shape index (κ1) is 15.5. The van der Waals surface area contributed by atoms with Crippen molar-refractivity contribution >= 4 is 29.2 Å². The third-order valence-electron chi connectivity index (χ3n) is 3.51. The molecule has 1 fully saturated rings. The van der Waals surface area contributed by atoms with Gasteiger partial charge in [-0.25, -0.2) is 9.78 Å². The fraction of sp³-hybridized carbons (Fsp3) is 0.538. The summed E-state index contributed by atoms with van der Waals surface area (Å²) in [5.41, 5.74) is 0.523. The van der Waals surface area contributed by atoms with Gasteiger partial charge in [0, 0.05) is 24.6 Å². The summed E-state index contributed by atoms with van der Waals surface area (Å²) in [6.07, 6.45) is 3.84. The molecule has 0 atom stereocenters. The van der Waals surface area contributed by atoms with Crippen LogP contribution in [0.25, 0.3) is 5.65 Å². The van der Waals surface area contributed by atoms with Crippen LogP contribution in [0.4, 0.5) is 4.79 Å². The Morgan fingerprint density at radius 2 is 2.13 bits per heavy atom. The van der Waals surface area contributed by atoms with Gasteiger partial charge in [0.2, 0.25) is 4.80 Å². The van der Waals surface area contributed by atoms with Gasteiger partial charge in [-0.2, -0.15) is 0 Å². The number of likely N-dealkylation sites (tertiary alicyclic amines) is 1. The molecule has 0 aliphatic carbocycles. The second kappa shape index (κ2) is 6.82. The molecule has 10 heteroatoms. The quantitative estimate of drug-likeness (QED) is 0.806. The lowest BCUT2D eigenvalue weighted by atomic mass is 10.1. The fourth-order valence-electron chi connectivity index (χ4n) is 2.42. The van der Waals surface area contributed by atoms with E-state index in [-0.39, 0.29) is 23.0 Å². The van der Waals surface area contributed by atoms with E-state index in [9.17, 15) is 9.59 Å². The van der Waals surface area contributed by atoms with E-state index in [0.717, 1.165) is 43.9 Å². The van der Waals surface area contributed by atoms with E-state index < -0.39 is 6.09 Å². The van der Waals surface area contributed by atoms with Crippen molar-refractivity contribution in [2.45, 2.75) is 26.2 Å². The van der Waals surface area contributed by atoms with Crippen LogP contribution in [0.15, 0.2) is 11.3 Å². The highest BCUT2D eigenvalue weighted by Crippen LogP contribution is 2.14.